The highest BCUT2D eigenvalue weighted by Crippen LogP contribution is 2.31. The van der Waals surface area contributed by atoms with Crippen molar-refractivity contribution in [1.82, 2.24) is 10.6 Å². The molecule has 2 atom stereocenters. The van der Waals surface area contributed by atoms with Gasteiger partial charge in [0, 0.05) is 25.2 Å². The minimum Gasteiger partial charge on any atom is -0.390 e. The molecule has 35 heavy (non-hydrogen) atoms. The number of hydrogen-bond donors (Lipinski definition) is 3. The Morgan fingerprint density at radius 1 is 1.14 bits per heavy atom. The third-order valence-corrected chi connectivity index (χ3v) is 7.72. The van der Waals surface area contributed by atoms with Crippen LogP contribution in [0.5, 0.6) is 0 Å². The second-order valence-electron chi connectivity index (χ2n) is 9.76. The van der Waals surface area contributed by atoms with Gasteiger partial charge in [-0.15, -0.1) is 0 Å². The zero-order valence-electron chi connectivity index (χ0n) is 20.4. The number of benzene rings is 2. The Hall–Kier alpha value is -2.68. The third kappa shape index (κ3) is 7.65. The van der Waals surface area contributed by atoms with Gasteiger partial charge in [-0.05, 0) is 67.3 Å². The molecule has 7 nitrogen and oxygen atoms in total. The number of carbonyl (C=O) groups is 1. The molecule has 0 bridgehead atoms. The van der Waals surface area contributed by atoms with Gasteiger partial charge in [-0.25, -0.2) is 8.42 Å². The zero-order chi connectivity index (χ0) is 25.0. The molecule has 1 amide bonds. The van der Waals surface area contributed by atoms with Gasteiger partial charge >= 0.3 is 0 Å². The highest BCUT2D eigenvalue weighted by Gasteiger charge is 2.27. The van der Waals surface area contributed by atoms with Crippen molar-refractivity contribution in [2.45, 2.75) is 50.3 Å². The Balaban J connectivity index is 1.57. The highest BCUT2D eigenvalue weighted by molar-refractivity contribution is 7.92. The fourth-order valence-corrected chi connectivity index (χ4v) is 4.38. The van der Waals surface area contributed by atoms with E-state index >= 15 is 0 Å². The molecular formula is C27H35N3O4S. The molecule has 2 aromatic rings. The predicted molar refractivity (Wildman–Crippen MR) is 140 cm³/mol. The molecule has 2 aliphatic carbocycles. The fourth-order valence-electron chi connectivity index (χ4n) is 3.89. The first-order valence-corrected chi connectivity index (χ1v) is 14.1. The van der Waals surface area contributed by atoms with Gasteiger partial charge in [0.1, 0.15) is 0 Å². The monoisotopic (exact) mass is 497 g/mol. The maximum absolute atomic E-state index is 13.4. The lowest BCUT2D eigenvalue weighted by Gasteiger charge is -2.25. The van der Waals surface area contributed by atoms with E-state index in [1.54, 1.807) is 18.2 Å². The van der Waals surface area contributed by atoms with Crippen molar-refractivity contribution in [3.63, 3.8) is 0 Å². The van der Waals surface area contributed by atoms with Crippen molar-refractivity contribution in [1.29, 1.82) is 0 Å². The average molecular weight is 498 g/mol. The van der Waals surface area contributed by atoms with Crippen molar-refractivity contribution >= 4 is 27.7 Å². The molecule has 0 radical (unpaired) electrons. The second kappa shape index (κ2) is 10.9. The number of rotatable bonds is 12. The lowest BCUT2D eigenvalue weighted by Crippen LogP contribution is -2.49. The second-order valence-corrected chi connectivity index (χ2v) is 11.8. The fraction of sp³-hybridized carbons (Fsp3) is 0.444. The molecule has 188 valence electrons. The normalized spacial score (nSPS) is 17.8. The number of allylic oxidation sites excluding steroid dienone is 1. The molecule has 4 rings (SSSR count). The van der Waals surface area contributed by atoms with Crippen LogP contribution in [0, 0.1) is 5.92 Å². The van der Waals surface area contributed by atoms with Crippen LogP contribution in [0.25, 0.3) is 6.08 Å². The number of aliphatic hydroxyl groups excluding tert-OH is 1. The summed E-state index contributed by atoms with van der Waals surface area (Å²) in [6, 6.07) is 14.8. The summed E-state index contributed by atoms with van der Waals surface area (Å²) in [7, 11) is -2.01. The first-order valence-electron chi connectivity index (χ1n) is 12.2. The number of anilines is 1. The highest BCUT2D eigenvalue weighted by atomic mass is 32.2. The Bertz CT molecular complexity index is 1160. The van der Waals surface area contributed by atoms with Crippen LogP contribution < -0.4 is 14.9 Å². The number of aliphatic hydroxyl groups is 1. The maximum atomic E-state index is 13.4. The number of nitrogens with one attached hydrogen (secondary N) is 2. The smallest absolute Gasteiger partial charge is 0.251 e. The quantitative estimate of drug-likeness (QED) is 0.419. The summed E-state index contributed by atoms with van der Waals surface area (Å²) < 4.78 is 25.5. The first-order chi connectivity index (χ1) is 16.7. The Kier molecular flexibility index (Phi) is 7.94. The molecule has 0 aliphatic heterocycles. The molecule has 0 unspecified atom stereocenters. The van der Waals surface area contributed by atoms with E-state index in [2.05, 4.69) is 16.7 Å². The number of carbonyl (C=O) groups excluding carboxylic acids is 1. The minimum absolute atomic E-state index is 0.346. The minimum atomic E-state index is -3.49. The van der Waals surface area contributed by atoms with Gasteiger partial charge in [-0.3, -0.25) is 9.10 Å². The van der Waals surface area contributed by atoms with E-state index in [1.165, 1.54) is 11.4 Å². The summed E-state index contributed by atoms with van der Waals surface area (Å²) in [4.78, 5) is 13.4. The summed E-state index contributed by atoms with van der Waals surface area (Å²) in [6.45, 7) is 0.397. The van der Waals surface area contributed by atoms with Gasteiger partial charge in [0.2, 0.25) is 10.0 Å². The van der Waals surface area contributed by atoms with E-state index in [1.807, 2.05) is 36.4 Å². The molecule has 2 fully saturated rings. The van der Waals surface area contributed by atoms with E-state index in [9.17, 15) is 18.3 Å². The van der Waals surface area contributed by atoms with Gasteiger partial charge in [0.15, 0.2) is 0 Å². The molecule has 2 aliphatic rings. The van der Waals surface area contributed by atoms with Gasteiger partial charge in [-0.1, -0.05) is 42.5 Å². The van der Waals surface area contributed by atoms with E-state index < -0.39 is 22.2 Å². The number of sulfonamides is 1. The third-order valence-electron chi connectivity index (χ3n) is 6.52. The number of amides is 1. The van der Waals surface area contributed by atoms with Crippen molar-refractivity contribution in [3.05, 3.63) is 71.3 Å². The van der Waals surface area contributed by atoms with Crippen LogP contribution in [0.1, 0.15) is 47.2 Å². The summed E-state index contributed by atoms with van der Waals surface area (Å²) in [5.41, 5.74) is 2.56. The van der Waals surface area contributed by atoms with Crippen molar-refractivity contribution in [2.24, 2.45) is 5.92 Å². The van der Waals surface area contributed by atoms with Crippen LogP contribution in [0.15, 0.2) is 54.6 Å². The van der Waals surface area contributed by atoms with Crippen LogP contribution in [-0.2, 0) is 16.4 Å². The van der Waals surface area contributed by atoms with Gasteiger partial charge < -0.3 is 15.7 Å². The van der Waals surface area contributed by atoms with E-state index in [0.717, 1.165) is 43.1 Å². The Morgan fingerprint density at radius 3 is 2.49 bits per heavy atom. The van der Waals surface area contributed by atoms with E-state index in [0.29, 0.717) is 36.2 Å². The molecule has 3 N–H and O–H groups in total. The molecule has 2 aromatic carbocycles. The average Bonchev–Trinajstić information content (AvgIpc) is 3.75. The summed E-state index contributed by atoms with van der Waals surface area (Å²) in [6.07, 6.45) is 9.44. The molecule has 0 aromatic heterocycles. The summed E-state index contributed by atoms with van der Waals surface area (Å²) in [5, 5.41) is 17.3. The topological polar surface area (TPSA) is 98.7 Å². The van der Waals surface area contributed by atoms with Crippen LogP contribution in [0.4, 0.5) is 5.69 Å². The van der Waals surface area contributed by atoms with Gasteiger partial charge in [0.05, 0.1) is 24.1 Å². The molecular weight excluding hydrogens is 462 g/mol. The van der Waals surface area contributed by atoms with Crippen LogP contribution in [-0.4, -0.2) is 57.5 Å². The predicted octanol–water partition coefficient (Wildman–Crippen LogP) is 2.96. The van der Waals surface area contributed by atoms with Crippen LogP contribution in [0.3, 0.4) is 0 Å². The lowest BCUT2D eigenvalue weighted by atomic mass is 10.00. The van der Waals surface area contributed by atoms with E-state index in [-0.39, 0.29) is 5.91 Å². The maximum Gasteiger partial charge on any atom is 0.251 e. The van der Waals surface area contributed by atoms with Crippen molar-refractivity contribution in [3.8, 4) is 0 Å². The van der Waals surface area contributed by atoms with E-state index in [4.69, 9.17) is 0 Å². The molecule has 0 spiro atoms. The zero-order valence-corrected chi connectivity index (χ0v) is 21.2. The van der Waals surface area contributed by atoms with Crippen LogP contribution in [0.2, 0.25) is 0 Å². The van der Waals surface area contributed by atoms with Crippen molar-refractivity contribution < 1.29 is 18.3 Å². The van der Waals surface area contributed by atoms with Gasteiger partial charge in [-0.2, -0.15) is 0 Å². The van der Waals surface area contributed by atoms with Crippen LogP contribution >= 0.6 is 0 Å². The summed E-state index contributed by atoms with van der Waals surface area (Å²) in [5.74, 6) is 0.203. The molecule has 8 heteroatoms. The SMILES string of the molecule is CN(c1cc(/C=C/C2CC2)cc(C(=O)N[C@@H](Cc2ccccc2)[C@H](O)CNC2CC2)c1)S(C)(=O)=O. The first kappa shape index (κ1) is 25.4. The number of hydrogen-bond acceptors (Lipinski definition) is 5. The largest absolute Gasteiger partial charge is 0.390 e. The Morgan fingerprint density at radius 2 is 1.86 bits per heavy atom. The standard InChI is InChI=1S/C27H35N3O4S/c1-30(35(2,33)34)24-15-21(11-10-19-8-9-19)14-22(17-24)27(32)29-25(16-20-6-4-3-5-7-20)26(31)18-28-23-12-13-23/h3-7,10-11,14-15,17,19,23,25-26,28,31H,8-9,12-13,16,18H2,1-2H3,(H,29,32)/b11-10+/t25-,26+/m0/s1. The van der Waals surface area contributed by atoms with Gasteiger partial charge in [0.25, 0.3) is 5.91 Å². The molecule has 2 saturated carbocycles. The molecule has 0 heterocycles. The Labute approximate surface area is 208 Å². The lowest BCUT2D eigenvalue weighted by molar-refractivity contribution is 0.0830. The molecule has 0 saturated heterocycles. The number of nitrogens with zero attached hydrogens (tertiary/aromatic N) is 1. The van der Waals surface area contributed by atoms with Crippen molar-refractivity contribution in [2.75, 3.05) is 24.2 Å². The summed E-state index contributed by atoms with van der Waals surface area (Å²) >= 11 is 0.